The average molecular weight is 334 g/mol. The van der Waals surface area contributed by atoms with E-state index in [0.29, 0.717) is 18.1 Å². The number of ether oxygens (including phenoxy) is 1. The van der Waals surface area contributed by atoms with Crippen LogP contribution in [0.25, 0.3) is 0 Å². The van der Waals surface area contributed by atoms with Gasteiger partial charge in [-0.3, -0.25) is 0 Å². The lowest BCUT2D eigenvalue weighted by Gasteiger charge is -2.15. The van der Waals surface area contributed by atoms with Crippen LogP contribution < -0.4 is 5.73 Å². The molecule has 2 unspecified atom stereocenters. The zero-order valence-electron chi connectivity index (χ0n) is 11.0. The first kappa shape index (κ1) is 15.7. The van der Waals surface area contributed by atoms with E-state index in [1.807, 2.05) is 6.92 Å². The van der Waals surface area contributed by atoms with Gasteiger partial charge in [-0.25, -0.2) is 8.42 Å². The summed E-state index contributed by atoms with van der Waals surface area (Å²) in [7, 11) is -3.47. The van der Waals surface area contributed by atoms with E-state index in [1.165, 1.54) is 12.1 Å². The van der Waals surface area contributed by atoms with Gasteiger partial charge in [-0.1, -0.05) is 23.8 Å². The van der Waals surface area contributed by atoms with E-state index in [0.717, 1.165) is 0 Å². The molecule has 2 atom stereocenters. The Hall–Kier alpha value is -0.690. The highest BCUT2D eigenvalue weighted by atomic mass is 35.5. The highest BCUT2D eigenvalue weighted by Gasteiger charge is 2.63. The molecule has 0 bridgehead atoms. The summed E-state index contributed by atoms with van der Waals surface area (Å²) in [5, 5.41) is -0.116. The lowest BCUT2D eigenvalue weighted by atomic mass is 10.1. The summed E-state index contributed by atoms with van der Waals surface area (Å²) in [6, 6.07) is 6.12. The fourth-order valence-corrected chi connectivity index (χ4v) is 4.87. The average Bonchev–Trinajstić information content (AvgIpc) is 3.14. The summed E-state index contributed by atoms with van der Waals surface area (Å²) in [6.07, 6.45) is 0.410. The van der Waals surface area contributed by atoms with Gasteiger partial charge in [0.25, 0.3) is 0 Å². The van der Waals surface area contributed by atoms with Crippen LogP contribution in [0.1, 0.15) is 13.3 Å². The van der Waals surface area contributed by atoms with Gasteiger partial charge >= 0.3 is 0 Å². The summed E-state index contributed by atoms with van der Waals surface area (Å²) >= 11 is 10.8. The molecule has 1 fully saturated rings. The Morgan fingerprint density at radius 1 is 1.50 bits per heavy atom. The number of hydrogen-bond acceptors (Lipinski definition) is 4. The van der Waals surface area contributed by atoms with Crippen molar-refractivity contribution in [1.29, 1.82) is 0 Å². The predicted molar refractivity (Wildman–Crippen MR) is 82.8 cm³/mol. The molecule has 0 amide bonds. The fraction of sp³-hybridized carbons (Fsp3) is 0.462. The zero-order chi connectivity index (χ0) is 15.0. The van der Waals surface area contributed by atoms with Gasteiger partial charge in [0.15, 0.2) is 9.84 Å². The molecular weight excluding hydrogens is 318 g/mol. The van der Waals surface area contributed by atoms with E-state index in [-0.39, 0.29) is 16.5 Å². The minimum absolute atomic E-state index is 0.202. The molecule has 1 aromatic carbocycles. The molecule has 0 radical (unpaired) electrons. The van der Waals surface area contributed by atoms with Crippen molar-refractivity contribution in [1.82, 2.24) is 0 Å². The molecule has 1 aliphatic rings. The molecule has 0 heterocycles. The maximum atomic E-state index is 12.6. The third kappa shape index (κ3) is 2.70. The van der Waals surface area contributed by atoms with Crippen molar-refractivity contribution < 1.29 is 13.2 Å². The van der Waals surface area contributed by atoms with Crippen LogP contribution in [0.15, 0.2) is 29.2 Å². The van der Waals surface area contributed by atoms with Crippen molar-refractivity contribution >= 4 is 38.6 Å². The van der Waals surface area contributed by atoms with E-state index >= 15 is 0 Å². The second-order valence-electron chi connectivity index (χ2n) is 4.85. The van der Waals surface area contributed by atoms with Crippen molar-refractivity contribution in [3.8, 4) is 0 Å². The highest BCUT2D eigenvalue weighted by Crippen LogP contribution is 2.53. The van der Waals surface area contributed by atoms with Crippen LogP contribution in [0.3, 0.4) is 0 Å². The highest BCUT2D eigenvalue weighted by molar-refractivity contribution is 7.92. The van der Waals surface area contributed by atoms with Crippen LogP contribution in [0.4, 0.5) is 0 Å². The van der Waals surface area contributed by atoms with Crippen LogP contribution in [0.2, 0.25) is 5.02 Å². The van der Waals surface area contributed by atoms with E-state index in [4.69, 9.17) is 34.3 Å². The minimum atomic E-state index is -3.47. The number of sulfone groups is 1. The summed E-state index contributed by atoms with van der Waals surface area (Å²) < 4.78 is 30.5. The number of nitrogens with two attached hydrogens (primary N) is 1. The zero-order valence-corrected chi connectivity index (χ0v) is 13.4. The number of hydrogen-bond donors (Lipinski definition) is 1. The van der Waals surface area contributed by atoms with Gasteiger partial charge in [-0.05, 0) is 37.6 Å². The van der Waals surface area contributed by atoms with Crippen molar-refractivity contribution in [3.63, 3.8) is 0 Å². The molecule has 20 heavy (non-hydrogen) atoms. The Morgan fingerprint density at radius 2 is 2.10 bits per heavy atom. The first-order valence-electron chi connectivity index (χ1n) is 6.21. The number of thiocarbonyl (C=S) groups is 1. The molecular formula is C13H16ClNO3S2. The third-order valence-corrected chi connectivity index (χ3v) is 6.53. The Morgan fingerprint density at radius 3 is 2.60 bits per heavy atom. The van der Waals surface area contributed by atoms with Crippen LogP contribution in [-0.2, 0) is 14.6 Å². The van der Waals surface area contributed by atoms with Gasteiger partial charge in [-0.15, -0.1) is 0 Å². The van der Waals surface area contributed by atoms with E-state index in [9.17, 15) is 8.42 Å². The van der Waals surface area contributed by atoms with E-state index in [1.54, 1.807) is 12.1 Å². The summed E-state index contributed by atoms with van der Waals surface area (Å²) in [5.74, 6) is 0. The SMILES string of the molecule is CCOCC1(C(N)=S)CC1S(=O)(=O)c1ccc(Cl)cc1. The standard InChI is InChI=1S/C13H16ClNO3S2/c1-2-18-8-13(12(15)19)7-11(13)20(16,17)10-5-3-9(14)4-6-10/h3-6,11H,2,7-8H2,1H3,(H2,15,19). The first-order valence-corrected chi connectivity index (χ1v) is 8.55. The van der Waals surface area contributed by atoms with E-state index in [2.05, 4.69) is 0 Å². The topological polar surface area (TPSA) is 69.4 Å². The Kier molecular flexibility index (Phi) is 4.39. The molecule has 0 spiro atoms. The largest absolute Gasteiger partial charge is 0.393 e. The minimum Gasteiger partial charge on any atom is -0.393 e. The second-order valence-corrected chi connectivity index (χ2v) is 7.86. The second kappa shape index (κ2) is 5.60. The maximum Gasteiger partial charge on any atom is 0.182 e. The summed E-state index contributed by atoms with van der Waals surface area (Å²) in [6.45, 7) is 2.59. The van der Waals surface area contributed by atoms with Gasteiger partial charge in [0, 0.05) is 11.6 Å². The van der Waals surface area contributed by atoms with Crippen LogP contribution in [0.5, 0.6) is 0 Å². The van der Waals surface area contributed by atoms with Gasteiger partial charge in [-0.2, -0.15) is 0 Å². The van der Waals surface area contributed by atoms with E-state index < -0.39 is 20.5 Å². The molecule has 7 heteroatoms. The normalized spacial score (nSPS) is 25.4. The van der Waals surface area contributed by atoms with Crippen molar-refractivity contribution in [2.75, 3.05) is 13.2 Å². The smallest absolute Gasteiger partial charge is 0.182 e. The van der Waals surface area contributed by atoms with Crippen LogP contribution >= 0.6 is 23.8 Å². The van der Waals surface area contributed by atoms with Gasteiger partial charge in [0.05, 0.1) is 27.2 Å². The van der Waals surface area contributed by atoms with Crippen molar-refractivity contribution in [2.24, 2.45) is 11.1 Å². The number of benzene rings is 1. The molecule has 0 aromatic heterocycles. The molecule has 110 valence electrons. The molecule has 4 nitrogen and oxygen atoms in total. The van der Waals surface area contributed by atoms with Crippen molar-refractivity contribution in [3.05, 3.63) is 29.3 Å². The maximum absolute atomic E-state index is 12.6. The monoisotopic (exact) mass is 333 g/mol. The quantitative estimate of drug-likeness (QED) is 0.808. The molecule has 0 aliphatic heterocycles. The number of halogens is 1. The van der Waals surface area contributed by atoms with Crippen molar-refractivity contribution in [2.45, 2.75) is 23.5 Å². The molecule has 1 aromatic rings. The Balaban J connectivity index is 2.28. The van der Waals surface area contributed by atoms with Gasteiger partial charge in [0.2, 0.25) is 0 Å². The van der Waals surface area contributed by atoms with Crippen LogP contribution in [0, 0.1) is 5.41 Å². The lowest BCUT2D eigenvalue weighted by Crippen LogP contribution is -2.33. The fourth-order valence-electron chi connectivity index (χ4n) is 2.23. The number of rotatable bonds is 6. The summed E-state index contributed by atoms with van der Waals surface area (Å²) in [5.41, 5.74) is 5.00. The van der Waals surface area contributed by atoms with Crippen LogP contribution in [-0.4, -0.2) is 31.9 Å². The Bertz CT molecular complexity index is 615. The molecule has 1 saturated carbocycles. The Labute approximate surface area is 129 Å². The molecule has 0 saturated heterocycles. The first-order chi connectivity index (χ1) is 9.34. The summed E-state index contributed by atoms with van der Waals surface area (Å²) in [4.78, 5) is 0.440. The molecule has 2 rings (SSSR count). The molecule has 2 N–H and O–H groups in total. The predicted octanol–water partition coefficient (Wildman–Crippen LogP) is 2.20. The lowest BCUT2D eigenvalue weighted by molar-refractivity contribution is 0.123. The molecule has 1 aliphatic carbocycles. The third-order valence-electron chi connectivity index (χ3n) is 3.58. The van der Waals surface area contributed by atoms with Gasteiger partial charge in [0.1, 0.15) is 0 Å². The van der Waals surface area contributed by atoms with Gasteiger partial charge < -0.3 is 10.5 Å².